The highest BCUT2D eigenvalue weighted by atomic mass is 32.1. The van der Waals surface area contributed by atoms with Gasteiger partial charge < -0.3 is 4.90 Å². The number of rotatable bonds is 3. The Kier molecular flexibility index (Phi) is 5.18. The van der Waals surface area contributed by atoms with Crippen LogP contribution in [0.3, 0.4) is 0 Å². The zero-order valence-electron chi connectivity index (χ0n) is 14.0. The molecule has 2 nitrogen and oxygen atoms in total. The SMILES string of the molecule is CN(C(=O)c1ccc(-c2cccc(C(F)(F)F)c2)s1)C1CCCCC1. The Labute approximate surface area is 149 Å². The van der Waals surface area contributed by atoms with Gasteiger partial charge in [-0.25, -0.2) is 0 Å². The van der Waals surface area contributed by atoms with Crippen LogP contribution in [-0.2, 0) is 6.18 Å². The average Bonchev–Trinajstić information content (AvgIpc) is 3.11. The molecule has 25 heavy (non-hydrogen) atoms. The monoisotopic (exact) mass is 367 g/mol. The van der Waals surface area contributed by atoms with Crippen LogP contribution in [0.4, 0.5) is 13.2 Å². The first-order valence-corrected chi connectivity index (χ1v) is 9.22. The fourth-order valence-corrected chi connectivity index (χ4v) is 4.25. The number of hydrogen-bond donors (Lipinski definition) is 0. The molecule has 0 unspecified atom stereocenters. The predicted molar refractivity (Wildman–Crippen MR) is 93.7 cm³/mol. The van der Waals surface area contributed by atoms with E-state index >= 15 is 0 Å². The molecule has 3 rings (SSSR count). The van der Waals surface area contributed by atoms with Crippen molar-refractivity contribution in [2.45, 2.75) is 44.3 Å². The molecule has 0 aliphatic heterocycles. The third-order valence-corrected chi connectivity index (χ3v) is 5.86. The summed E-state index contributed by atoms with van der Waals surface area (Å²) in [5, 5.41) is 0. The van der Waals surface area contributed by atoms with Crippen molar-refractivity contribution >= 4 is 17.2 Å². The summed E-state index contributed by atoms with van der Waals surface area (Å²) in [6.45, 7) is 0. The van der Waals surface area contributed by atoms with Crippen molar-refractivity contribution in [2.24, 2.45) is 0 Å². The van der Waals surface area contributed by atoms with Crippen LogP contribution in [0.5, 0.6) is 0 Å². The Hall–Kier alpha value is -1.82. The summed E-state index contributed by atoms with van der Waals surface area (Å²) in [6, 6.07) is 8.92. The Bertz CT molecular complexity index is 747. The molecule has 0 radical (unpaired) electrons. The first-order valence-electron chi connectivity index (χ1n) is 8.41. The molecule has 0 bridgehead atoms. The minimum Gasteiger partial charge on any atom is -0.338 e. The summed E-state index contributed by atoms with van der Waals surface area (Å²) in [5.41, 5.74) is -0.190. The van der Waals surface area contributed by atoms with Gasteiger partial charge in [0.25, 0.3) is 5.91 Å². The highest BCUT2D eigenvalue weighted by Gasteiger charge is 2.30. The second-order valence-electron chi connectivity index (χ2n) is 6.45. The van der Waals surface area contributed by atoms with E-state index in [2.05, 4.69) is 0 Å². The number of benzene rings is 1. The molecule has 0 saturated heterocycles. The predicted octanol–water partition coefficient (Wildman–Crippen LogP) is 5.84. The highest BCUT2D eigenvalue weighted by Crippen LogP contribution is 2.35. The van der Waals surface area contributed by atoms with Crippen LogP contribution in [-0.4, -0.2) is 23.9 Å². The molecular weight excluding hydrogens is 347 g/mol. The van der Waals surface area contributed by atoms with Gasteiger partial charge in [-0.05, 0) is 42.7 Å². The molecule has 1 aliphatic rings. The maximum atomic E-state index is 12.9. The molecule has 134 valence electrons. The zero-order valence-corrected chi connectivity index (χ0v) is 14.8. The van der Waals surface area contributed by atoms with Crippen molar-refractivity contribution in [3.8, 4) is 10.4 Å². The second kappa shape index (κ2) is 7.20. The number of carbonyl (C=O) groups is 1. The minimum atomic E-state index is -4.37. The Morgan fingerprint density at radius 2 is 1.84 bits per heavy atom. The standard InChI is InChI=1S/C19H20F3NOS/c1-23(15-8-3-2-4-9-15)18(24)17-11-10-16(25-17)13-6-5-7-14(12-13)19(20,21)22/h5-7,10-12,15H,2-4,8-9H2,1H3. The summed E-state index contributed by atoms with van der Waals surface area (Å²) in [4.78, 5) is 15.7. The number of thiophene rings is 1. The lowest BCUT2D eigenvalue weighted by Crippen LogP contribution is -2.37. The first kappa shape index (κ1) is 18.0. The summed E-state index contributed by atoms with van der Waals surface area (Å²) < 4.78 is 38.6. The van der Waals surface area contributed by atoms with Crippen LogP contribution in [0.2, 0.25) is 0 Å². The number of nitrogens with zero attached hydrogens (tertiary/aromatic N) is 1. The number of halogens is 3. The number of alkyl halides is 3. The quantitative estimate of drug-likeness (QED) is 0.667. The van der Waals surface area contributed by atoms with E-state index in [9.17, 15) is 18.0 Å². The van der Waals surface area contributed by atoms with Crippen LogP contribution in [0.1, 0.15) is 47.3 Å². The summed E-state index contributed by atoms with van der Waals surface area (Å²) in [7, 11) is 1.82. The molecule has 1 aliphatic carbocycles. The van der Waals surface area contributed by atoms with Crippen LogP contribution in [0.25, 0.3) is 10.4 Å². The van der Waals surface area contributed by atoms with E-state index in [1.807, 2.05) is 7.05 Å². The van der Waals surface area contributed by atoms with Gasteiger partial charge in [-0.1, -0.05) is 31.4 Å². The van der Waals surface area contributed by atoms with Gasteiger partial charge in [-0.15, -0.1) is 11.3 Å². The molecule has 6 heteroatoms. The molecule has 0 N–H and O–H groups in total. The van der Waals surface area contributed by atoms with Crippen molar-refractivity contribution in [3.63, 3.8) is 0 Å². The van der Waals surface area contributed by atoms with Gasteiger partial charge in [0, 0.05) is 18.0 Å². The topological polar surface area (TPSA) is 20.3 Å². The van der Waals surface area contributed by atoms with Gasteiger partial charge in [0.05, 0.1) is 10.4 Å². The van der Waals surface area contributed by atoms with E-state index in [0.717, 1.165) is 37.8 Å². The van der Waals surface area contributed by atoms with E-state index in [4.69, 9.17) is 0 Å². The molecule has 1 saturated carbocycles. The van der Waals surface area contributed by atoms with Gasteiger partial charge >= 0.3 is 6.18 Å². The first-order chi connectivity index (χ1) is 11.9. The van der Waals surface area contributed by atoms with E-state index in [1.54, 1.807) is 23.1 Å². The zero-order chi connectivity index (χ0) is 18.0. The van der Waals surface area contributed by atoms with Crippen LogP contribution in [0.15, 0.2) is 36.4 Å². The molecule has 1 aromatic carbocycles. The van der Waals surface area contributed by atoms with Gasteiger partial charge in [0.2, 0.25) is 0 Å². The Morgan fingerprint density at radius 3 is 2.52 bits per heavy atom. The fraction of sp³-hybridized carbons (Fsp3) is 0.421. The molecule has 1 fully saturated rings. The molecule has 1 heterocycles. The number of carbonyl (C=O) groups excluding carboxylic acids is 1. The van der Waals surface area contributed by atoms with Gasteiger partial charge in [-0.2, -0.15) is 13.2 Å². The molecule has 0 spiro atoms. The smallest absolute Gasteiger partial charge is 0.338 e. The molecule has 1 aromatic heterocycles. The lowest BCUT2D eigenvalue weighted by molar-refractivity contribution is -0.137. The molecule has 0 atom stereocenters. The maximum Gasteiger partial charge on any atom is 0.416 e. The van der Waals surface area contributed by atoms with Crippen LogP contribution >= 0.6 is 11.3 Å². The fourth-order valence-electron chi connectivity index (χ4n) is 3.26. The van der Waals surface area contributed by atoms with Crippen molar-refractivity contribution in [1.82, 2.24) is 4.90 Å². The maximum absolute atomic E-state index is 12.9. The van der Waals surface area contributed by atoms with Gasteiger partial charge in [0.1, 0.15) is 0 Å². The molecule has 1 amide bonds. The summed E-state index contributed by atoms with van der Waals surface area (Å²) in [5.74, 6) is -0.0462. The summed E-state index contributed by atoms with van der Waals surface area (Å²) in [6.07, 6.45) is 1.18. The third kappa shape index (κ3) is 4.06. The van der Waals surface area contributed by atoms with E-state index < -0.39 is 11.7 Å². The Balaban J connectivity index is 1.79. The lowest BCUT2D eigenvalue weighted by Gasteiger charge is -2.30. The van der Waals surface area contributed by atoms with Crippen molar-refractivity contribution in [2.75, 3.05) is 7.05 Å². The van der Waals surface area contributed by atoms with E-state index in [-0.39, 0.29) is 11.9 Å². The van der Waals surface area contributed by atoms with Crippen molar-refractivity contribution < 1.29 is 18.0 Å². The molecular formula is C19H20F3NOS. The van der Waals surface area contributed by atoms with Crippen LogP contribution < -0.4 is 0 Å². The largest absolute Gasteiger partial charge is 0.416 e. The number of hydrogen-bond acceptors (Lipinski definition) is 2. The van der Waals surface area contributed by atoms with Gasteiger partial charge in [0.15, 0.2) is 0 Å². The minimum absolute atomic E-state index is 0.0462. The van der Waals surface area contributed by atoms with E-state index in [0.29, 0.717) is 15.3 Å². The lowest BCUT2D eigenvalue weighted by atomic mass is 9.94. The number of amides is 1. The average molecular weight is 367 g/mol. The normalized spacial score (nSPS) is 16.0. The van der Waals surface area contributed by atoms with Crippen molar-refractivity contribution in [3.05, 3.63) is 46.8 Å². The highest BCUT2D eigenvalue weighted by molar-refractivity contribution is 7.17. The van der Waals surface area contributed by atoms with Crippen molar-refractivity contribution in [1.29, 1.82) is 0 Å². The van der Waals surface area contributed by atoms with E-state index in [1.165, 1.54) is 23.8 Å². The summed E-state index contributed by atoms with van der Waals surface area (Å²) >= 11 is 1.25. The Morgan fingerprint density at radius 1 is 1.12 bits per heavy atom. The third-order valence-electron chi connectivity index (χ3n) is 4.73. The molecule has 2 aromatic rings. The van der Waals surface area contributed by atoms with Crippen LogP contribution in [0, 0.1) is 0 Å². The van der Waals surface area contributed by atoms with Gasteiger partial charge in [-0.3, -0.25) is 4.79 Å². The second-order valence-corrected chi connectivity index (χ2v) is 7.53.